The van der Waals surface area contributed by atoms with E-state index in [4.69, 9.17) is 9.47 Å². The van der Waals surface area contributed by atoms with Gasteiger partial charge in [0.2, 0.25) is 0 Å². The normalized spacial score (nSPS) is 14.2. The Morgan fingerprint density at radius 2 is 1.07 bits per heavy atom. The molecule has 0 amide bonds. The Morgan fingerprint density at radius 3 is 1.30 bits per heavy atom. The van der Waals surface area contributed by atoms with Crippen LogP contribution < -0.4 is 0 Å². The molecule has 1 saturated heterocycles. The first-order valence-corrected chi connectivity index (χ1v) is 9.43. The fraction of sp³-hybridized carbons (Fsp3) is 0.360. The Morgan fingerprint density at radius 1 is 0.741 bits per heavy atom. The maximum Gasteiger partial charge on any atom is 0.175 e. The van der Waals surface area contributed by atoms with Crippen LogP contribution in [-0.2, 0) is 9.47 Å². The number of ether oxygens (including phenoxy) is 2. The quantitative estimate of drug-likeness (QED) is 0.564. The largest absolute Gasteiger partial charge is 0.347 e. The van der Waals surface area contributed by atoms with Gasteiger partial charge in [-0.2, -0.15) is 0 Å². The van der Waals surface area contributed by atoms with Crippen molar-refractivity contribution < 1.29 is 9.47 Å². The van der Waals surface area contributed by atoms with Crippen LogP contribution in [0.1, 0.15) is 37.8 Å². The molecule has 0 aliphatic carbocycles. The summed E-state index contributed by atoms with van der Waals surface area (Å²) in [6.45, 7) is 17.3. The molecule has 1 fully saturated rings. The summed E-state index contributed by atoms with van der Waals surface area (Å²) >= 11 is 0. The van der Waals surface area contributed by atoms with E-state index in [-0.39, 0.29) is 0 Å². The van der Waals surface area contributed by atoms with Crippen molar-refractivity contribution in [3.05, 3.63) is 96.1 Å². The molecule has 0 bridgehead atoms. The summed E-state index contributed by atoms with van der Waals surface area (Å²) in [7, 11) is 0. The van der Waals surface area contributed by atoms with Gasteiger partial charge in [0.05, 0.1) is 13.2 Å². The molecule has 2 aromatic carbocycles. The molecule has 0 N–H and O–H groups in total. The van der Waals surface area contributed by atoms with Gasteiger partial charge >= 0.3 is 0 Å². The van der Waals surface area contributed by atoms with E-state index in [1.807, 2.05) is 50.2 Å². The van der Waals surface area contributed by atoms with E-state index < -0.39 is 5.79 Å². The summed E-state index contributed by atoms with van der Waals surface area (Å²) in [5.41, 5.74) is 4.82. The third-order valence-corrected chi connectivity index (χ3v) is 3.84. The predicted molar refractivity (Wildman–Crippen MR) is 116 cm³/mol. The van der Waals surface area contributed by atoms with Crippen molar-refractivity contribution >= 4 is 0 Å². The molecule has 0 atom stereocenters. The number of rotatable bonds is 4. The van der Waals surface area contributed by atoms with Crippen molar-refractivity contribution in [2.75, 3.05) is 13.2 Å². The van der Waals surface area contributed by atoms with E-state index in [0.717, 1.165) is 24.0 Å². The van der Waals surface area contributed by atoms with Crippen molar-refractivity contribution in [2.24, 2.45) is 0 Å². The zero-order valence-corrected chi connectivity index (χ0v) is 17.3. The van der Waals surface area contributed by atoms with Crippen LogP contribution in [0.5, 0.6) is 0 Å². The van der Waals surface area contributed by atoms with Crippen molar-refractivity contribution in [3.63, 3.8) is 0 Å². The SMILES string of the molecule is C=C(C)CC1(CC(=C)C)OCCO1.Cc1ccccc1.Cc1ccccc1. The fourth-order valence-electron chi connectivity index (χ4n) is 2.75. The molecule has 27 heavy (non-hydrogen) atoms. The number of benzene rings is 2. The van der Waals surface area contributed by atoms with Crippen LogP contribution in [0.25, 0.3) is 0 Å². The number of aryl methyl sites for hydroxylation is 2. The van der Waals surface area contributed by atoms with Gasteiger partial charge in [0.1, 0.15) is 0 Å². The van der Waals surface area contributed by atoms with Crippen LogP contribution in [-0.4, -0.2) is 19.0 Å². The summed E-state index contributed by atoms with van der Waals surface area (Å²) in [5, 5.41) is 0. The Balaban J connectivity index is 0.000000220. The molecule has 1 heterocycles. The summed E-state index contributed by atoms with van der Waals surface area (Å²) in [5.74, 6) is -0.461. The topological polar surface area (TPSA) is 18.5 Å². The van der Waals surface area contributed by atoms with E-state index >= 15 is 0 Å². The smallest absolute Gasteiger partial charge is 0.175 e. The Kier molecular flexibility index (Phi) is 10.4. The first-order chi connectivity index (χ1) is 12.8. The van der Waals surface area contributed by atoms with Crippen LogP contribution in [0.3, 0.4) is 0 Å². The first kappa shape index (κ1) is 22.9. The summed E-state index contributed by atoms with van der Waals surface area (Å²) in [4.78, 5) is 0. The second-order valence-corrected chi connectivity index (χ2v) is 7.18. The average molecular weight is 367 g/mol. The van der Waals surface area contributed by atoms with Gasteiger partial charge in [-0.05, 0) is 27.7 Å². The predicted octanol–water partition coefficient (Wildman–Crippen LogP) is 6.65. The lowest BCUT2D eigenvalue weighted by Crippen LogP contribution is -2.30. The zero-order chi connectivity index (χ0) is 20.1. The highest BCUT2D eigenvalue weighted by Gasteiger charge is 2.36. The molecule has 1 aliphatic heterocycles. The van der Waals surface area contributed by atoms with Crippen molar-refractivity contribution in [1.29, 1.82) is 0 Å². The Hall–Kier alpha value is -2.16. The second kappa shape index (κ2) is 12.3. The maximum atomic E-state index is 5.62. The molecule has 0 saturated carbocycles. The minimum Gasteiger partial charge on any atom is -0.347 e. The third kappa shape index (κ3) is 10.5. The van der Waals surface area contributed by atoms with Crippen LogP contribution in [0.2, 0.25) is 0 Å². The first-order valence-electron chi connectivity index (χ1n) is 9.43. The highest BCUT2D eigenvalue weighted by atomic mass is 16.7. The van der Waals surface area contributed by atoms with Gasteiger partial charge in [0.25, 0.3) is 0 Å². The van der Waals surface area contributed by atoms with E-state index in [0.29, 0.717) is 13.2 Å². The van der Waals surface area contributed by atoms with E-state index in [9.17, 15) is 0 Å². The van der Waals surface area contributed by atoms with Gasteiger partial charge in [0, 0.05) is 12.8 Å². The lowest BCUT2D eigenvalue weighted by molar-refractivity contribution is -0.154. The van der Waals surface area contributed by atoms with Crippen molar-refractivity contribution in [1.82, 2.24) is 0 Å². The van der Waals surface area contributed by atoms with E-state index in [2.05, 4.69) is 51.3 Å². The minimum atomic E-state index is -0.461. The average Bonchev–Trinajstić information content (AvgIpc) is 3.03. The molecular weight excluding hydrogens is 332 g/mol. The highest BCUT2D eigenvalue weighted by molar-refractivity contribution is 5.12. The van der Waals surface area contributed by atoms with Crippen LogP contribution >= 0.6 is 0 Å². The van der Waals surface area contributed by atoms with Gasteiger partial charge in [-0.15, -0.1) is 0 Å². The minimum absolute atomic E-state index is 0.461. The Bertz CT molecular complexity index is 612. The van der Waals surface area contributed by atoms with Gasteiger partial charge < -0.3 is 9.47 Å². The molecule has 1 aliphatic rings. The molecule has 3 rings (SSSR count). The van der Waals surface area contributed by atoms with E-state index in [1.165, 1.54) is 11.1 Å². The van der Waals surface area contributed by atoms with Crippen LogP contribution in [0, 0.1) is 13.8 Å². The molecule has 0 spiro atoms. The summed E-state index contributed by atoms with van der Waals surface area (Å²) < 4.78 is 11.2. The molecule has 146 valence electrons. The fourth-order valence-corrected chi connectivity index (χ4v) is 2.75. The molecule has 2 aromatic rings. The van der Waals surface area contributed by atoms with Crippen LogP contribution in [0.4, 0.5) is 0 Å². The summed E-state index contributed by atoms with van der Waals surface area (Å²) in [6, 6.07) is 20.5. The number of hydrogen-bond donors (Lipinski definition) is 0. The lowest BCUT2D eigenvalue weighted by Gasteiger charge is -2.27. The second-order valence-electron chi connectivity index (χ2n) is 7.18. The maximum absolute atomic E-state index is 5.62. The lowest BCUT2D eigenvalue weighted by atomic mass is 10.0. The molecule has 0 aromatic heterocycles. The van der Waals surface area contributed by atoms with E-state index in [1.54, 1.807) is 0 Å². The molecule has 2 heteroatoms. The van der Waals surface area contributed by atoms with Gasteiger partial charge in [0.15, 0.2) is 5.79 Å². The monoisotopic (exact) mass is 366 g/mol. The zero-order valence-electron chi connectivity index (χ0n) is 17.3. The molecule has 2 nitrogen and oxygen atoms in total. The molecular formula is C25H34O2. The van der Waals surface area contributed by atoms with Gasteiger partial charge in [-0.25, -0.2) is 0 Å². The van der Waals surface area contributed by atoms with Gasteiger partial charge in [-0.1, -0.05) is 96.1 Å². The van der Waals surface area contributed by atoms with Crippen molar-refractivity contribution in [2.45, 2.75) is 46.3 Å². The number of hydrogen-bond acceptors (Lipinski definition) is 2. The molecule has 0 radical (unpaired) electrons. The summed E-state index contributed by atoms with van der Waals surface area (Å²) in [6.07, 6.45) is 1.53. The Labute approximate surface area is 165 Å². The van der Waals surface area contributed by atoms with Gasteiger partial charge in [-0.3, -0.25) is 0 Å². The van der Waals surface area contributed by atoms with Crippen molar-refractivity contribution in [3.8, 4) is 0 Å². The highest BCUT2D eigenvalue weighted by Crippen LogP contribution is 2.32. The molecule has 0 unspecified atom stereocenters. The third-order valence-electron chi connectivity index (χ3n) is 3.84. The standard InChI is InChI=1S/C11H18O2.2C7H8/c1-9(2)7-11(8-10(3)4)12-5-6-13-11;2*1-7-5-3-2-4-6-7/h1,3,5-8H2,2,4H3;2*2-6H,1H3. The van der Waals surface area contributed by atoms with Crippen LogP contribution in [0.15, 0.2) is 85.0 Å².